The van der Waals surface area contributed by atoms with E-state index in [1.54, 1.807) is 19.3 Å². The van der Waals surface area contributed by atoms with E-state index in [1.807, 2.05) is 0 Å². The maximum atomic E-state index is 13.2. The van der Waals surface area contributed by atoms with Gasteiger partial charge < -0.3 is 10.4 Å². The van der Waals surface area contributed by atoms with Gasteiger partial charge in [0.2, 0.25) is 0 Å². The van der Waals surface area contributed by atoms with Gasteiger partial charge in [0.05, 0.1) is 17.8 Å². The largest absolute Gasteiger partial charge is 0.392 e. The number of aliphatic hydroxyl groups excluding tert-OH is 1. The molecule has 0 saturated heterocycles. The van der Waals surface area contributed by atoms with Crippen LogP contribution in [-0.2, 0) is 6.61 Å². The van der Waals surface area contributed by atoms with E-state index in [9.17, 15) is 4.39 Å². The fraction of sp³-hybridized carbons (Fsp3) is 0.182. The summed E-state index contributed by atoms with van der Waals surface area (Å²) < 4.78 is 13.2. The van der Waals surface area contributed by atoms with Gasteiger partial charge in [0.15, 0.2) is 0 Å². The summed E-state index contributed by atoms with van der Waals surface area (Å²) in [6.45, 7) is -0.0889. The van der Waals surface area contributed by atoms with Crippen LogP contribution in [0.1, 0.15) is 5.56 Å². The van der Waals surface area contributed by atoms with Gasteiger partial charge in [-0.1, -0.05) is 0 Å². The maximum Gasteiger partial charge on any atom is 0.126 e. The van der Waals surface area contributed by atoms with Crippen LogP contribution in [0, 0.1) is 5.82 Å². The minimum absolute atomic E-state index is 0.0889. The minimum atomic E-state index is -0.316. The third-order valence-corrected chi connectivity index (χ3v) is 2.26. The number of nitrogens with one attached hydrogen (secondary N) is 1. The average Bonchev–Trinajstić information content (AvgIpc) is 2.26. The second kappa shape index (κ2) is 3.82. The Kier molecular flexibility index (Phi) is 2.51. The van der Waals surface area contributed by atoms with Gasteiger partial charge in [-0.2, -0.15) is 0 Å². The Balaban J connectivity index is 2.72. The van der Waals surface area contributed by atoms with Crippen molar-refractivity contribution >= 4 is 16.6 Å². The topological polar surface area (TPSA) is 45.1 Å². The van der Waals surface area contributed by atoms with Crippen molar-refractivity contribution in [2.45, 2.75) is 6.61 Å². The third kappa shape index (κ3) is 1.76. The minimum Gasteiger partial charge on any atom is -0.392 e. The molecule has 0 unspecified atom stereocenters. The van der Waals surface area contributed by atoms with Crippen LogP contribution in [0.2, 0.25) is 0 Å². The Morgan fingerprint density at radius 2 is 2.20 bits per heavy atom. The Morgan fingerprint density at radius 1 is 1.40 bits per heavy atom. The number of benzene rings is 1. The van der Waals surface area contributed by atoms with E-state index in [-0.39, 0.29) is 12.4 Å². The second-order valence-electron chi connectivity index (χ2n) is 3.28. The van der Waals surface area contributed by atoms with E-state index >= 15 is 0 Å². The predicted molar refractivity (Wildman–Crippen MR) is 57.2 cm³/mol. The Hall–Kier alpha value is -1.68. The molecule has 78 valence electrons. The molecule has 0 bridgehead atoms. The van der Waals surface area contributed by atoms with Crippen LogP contribution in [0.4, 0.5) is 10.1 Å². The fourth-order valence-electron chi connectivity index (χ4n) is 1.54. The molecule has 0 radical (unpaired) electrons. The molecule has 0 aliphatic heterocycles. The molecule has 0 saturated carbocycles. The van der Waals surface area contributed by atoms with Gasteiger partial charge in [0.25, 0.3) is 0 Å². The molecule has 1 aromatic heterocycles. The number of fused-ring (bicyclic) bond motifs is 1. The Labute approximate surface area is 86.6 Å². The monoisotopic (exact) mass is 206 g/mol. The lowest BCUT2D eigenvalue weighted by atomic mass is 10.1. The van der Waals surface area contributed by atoms with Crippen molar-refractivity contribution in [2.24, 2.45) is 0 Å². The number of aromatic nitrogens is 1. The highest BCUT2D eigenvalue weighted by Crippen LogP contribution is 2.23. The second-order valence-corrected chi connectivity index (χ2v) is 3.28. The molecule has 0 aliphatic rings. The zero-order chi connectivity index (χ0) is 10.8. The summed E-state index contributed by atoms with van der Waals surface area (Å²) >= 11 is 0. The number of halogens is 1. The zero-order valence-corrected chi connectivity index (χ0v) is 8.29. The van der Waals surface area contributed by atoms with Gasteiger partial charge in [-0.15, -0.1) is 0 Å². The van der Waals surface area contributed by atoms with E-state index in [2.05, 4.69) is 10.3 Å². The lowest BCUT2D eigenvalue weighted by molar-refractivity contribution is 0.281. The van der Waals surface area contributed by atoms with Crippen molar-refractivity contribution in [3.05, 3.63) is 35.8 Å². The van der Waals surface area contributed by atoms with E-state index < -0.39 is 0 Å². The molecule has 0 spiro atoms. The molecular weight excluding hydrogens is 195 g/mol. The van der Waals surface area contributed by atoms with Gasteiger partial charge >= 0.3 is 0 Å². The molecule has 2 rings (SSSR count). The van der Waals surface area contributed by atoms with Crippen molar-refractivity contribution in [3.63, 3.8) is 0 Å². The number of hydrogen-bond acceptors (Lipinski definition) is 3. The molecule has 2 N–H and O–H groups in total. The summed E-state index contributed by atoms with van der Waals surface area (Å²) in [4.78, 5) is 4.17. The molecule has 4 heteroatoms. The van der Waals surface area contributed by atoms with Crippen LogP contribution in [0.5, 0.6) is 0 Å². The predicted octanol–water partition coefficient (Wildman–Crippen LogP) is 1.91. The van der Waals surface area contributed by atoms with E-state index in [0.717, 1.165) is 0 Å². The number of rotatable bonds is 2. The molecule has 0 fully saturated rings. The van der Waals surface area contributed by atoms with Gasteiger partial charge in [0.1, 0.15) is 5.82 Å². The fourth-order valence-corrected chi connectivity index (χ4v) is 1.54. The molecule has 15 heavy (non-hydrogen) atoms. The molecule has 0 atom stereocenters. The van der Waals surface area contributed by atoms with Crippen LogP contribution in [0.15, 0.2) is 24.4 Å². The summed E-state index contributed by atoms with van der Waals surface area (Å²) in [5.74, 6) is -0.316. The lowest BCUT2D eigenvalue weighted by Crippen LogP contribution is -1.94. The highest BCUT2D eigenvalue weighted by atomic mass is 19.1. The SMILES string of the molecule is CNc1cc(F)cc2cc(CO)cnc12. The first-order chi connectivity index (χ1) is 7.24. The van der Waals surface area contributed by atoms with Crippen LogP contribution in [-0.4, -0.2) is 17.1 Å². The van der Waals surface area contributed by atoms with Crippen LogP contribution < -0.4 is 5.32 Å². The molecule has 2 aromatic rings. The van der Waals surface area contributed by atoms with Gasteiger partial charge in [-0.25, -0.2) is 4.39 Å². The van der Waals surface area contributed by atoms with Crippen molar-refractivity contribution in [1.82, 2.24) is 4.98 Å². The molecule has 1 aromatic carbocycles. The number of anilines is 1. The van der Waals surface area contributed by atoms with E-state index in [0.29, 0.717) is 22.2 Å². The van der Waals surface area contributed by atoms with Gasteiger partial charge in [0, 0.05) is 18.6 Å². The quantitative estimate of drug-likeness (QED) is 0.788. The molecule has 1 heterocycles. The summed E-state index contributed by atoms with van der Waals surface area (Å²) in [6.07, 6.45) is 1.58. The summed E-state index contributed by atoms with van der Waals surface area (Å²) in [5, 5.41) is 12.5. The van der Waals surface area contributed by atoms with Crippen molar-refractivity contribution < 1.29 is 9.50 Å². The Bertz CT molecular complexity index is 499. The highest BCUT2D eigenvalue weighted by molar-refractivity contribution is 5.90. The number of pyridine rings is 1. The van der Waals surface area contributed by atoms with Gasteiger partial charge in [-0.05, 0) is 23.8 Å². The van der Waals surface area contributed by atoms with Crippen molar-refractivity contribution in [1.29, 1.82) is 0 Å². The lowest BCUT2D eigenvalue weighted by Gasteiger charge is -2.06. The third-order valence-electron chi connectivity index (χ3n) is 2.26. The zero-order valence-electron chi connectivity index (χ0n) is 8.29. The van der Waals surface area contributed by atoms with Crippen LogP contribution in [0.3, 0.4) is 0 Å². The Morgan fingerprint density at radius 3 is 2.87 bits per heavy atom. The first kappa shape index (κ1) is 9.86. The van der Waals surface area contributed by atoms with Crippen molar-refractivity contribution in [3.8, 4) is 0 Å². The smallest absolute Gasteiger partial charge is 0.126 e. The van der Waals surface area contributed by atoms with E-state index in [4.69, 9.17) is 5.11 Å². The average molecular weight is 206 g/mol. The normalized spacial score (nSPS) is 10.6. The number of hydrogen-bond donors (Lipinski definition) is 2. The molecule has 3 nitrogen and oxygen atoms in total. The summed E-state index contributed by atoms with van der Waals surface area (Å²) in [6, 6.07) is 4.53. The summed E-state index contributed by atoms with van der Waals surface area (Å²) in [7, 11) is 1.72. The number of aliphatic hydroxyl groups is 1. The summed E-state index contributed by atoms with van der Waals surface area (Å²) in [5.41, 5.74) is 2.03. The van der Waals surface area contributed by atoms with Crippen LogP contribution in [0.25, 0.3) is 10.9 Å². The highest BCUT2D eigenvalue weighted by Gasteiger charge is 2.04. The first-order valence-corrected chi connectivity index (χ1v) is 4.61. The molecular formula is C11H11FN2O. The molecule has 0 aliphatic carbocycles. The van der Waals surface area contributed by atoms with Crippen LogP contribution >= 0.6 is 0 Å². The van der Waals surface area contributed by atoms with Crippen molar-refractivity contribution in [2.75, 3.05) is 12.4 Å². The molecule has 0 amide bonds. The number of nitrogens with zero attached hydrogens (tertiary/aromatic N) is 1. The standard InChI is InChI=1S/C11H11FN2O/c1-13-10-4-9(12)3-8-2-7(6-15)5-14-11(8)10/h2-5,13,15H,6H2,1H3. The van der Waals surface area contributed by atoms with E-state index in [1.165, 1.54) is 12.1 Å². The first-order valence-electron chi connectivity index (χ1n) is 4.61. The van der Waals surface area contributed by atoms with Gasteiger partial charge in [-0.3, -0.25) is 4.98 Å². The maximum absolute atomic E-state index is 13.2.